The van der Waals surface area contributed by atoms with E-state index in [9.17, 15) is 0 Å². The van der Waals surface area contributed by atoms with E-state index in [1.165, 1.54) is 0 Å². The molecule has 0 fully saturated rings. The minimum Gasteiger partial charge on any atom is -0.376 e. The average molecular weight is 235 g/mol. The Labute approximate surface area is 97.7 Å². The standard InChI is InChI=1S/C10H13N5S/c1-7(10-13-4-5-16-10)14-8-2-3-12-9(6-8)15-11/h2-7H,11H2,1H3,(H2,12,14,15). The number of thiazole rings is 1. The summed E-state index contributed by atoms with van der Waals surface area (Å²) in [5.41, 5.74) is 3.47. The number of pyridine rings is 1. The molecule has 1 atom stereocenters. The average Bonchev–Trinajstić information content (AvgIpc) is 2.83. The zero-order valence-electron chi connectivity index (χ0n) is 8.84. The molecule has 0 aliphatic rings. The van der Waals surface area contributed by atoms with E-state index in [0.29, 0.717) is 5.82 Å². The van der Waals surface area contributed by atoms with Crippen LogP contribution in [0, 0.1) is 0 Å². The van der Waals surface area contributed by atoms with Crippen molar-refractivity contribution in [1.29, 1.82) is 0 Å². The number of nitrogen functional groups attached to an aromatic ring is 1. The SMILES string of the molecule is CC(Nc1ccnc(NN)c1)c1nccs1. The molecular weight excluding hydrogens is 222 g/mol. The Balaban J connectivity index is 2.08. The highest BCUT2D eigenvalue weighted by Crippen LogP contribution is 2.21. The molecule has 5 nitrogen and oxygen atoms in total. The van der Waals surface area contributed by atoms with E-state index in [4.69, 9.17) is 5.84 Å². The minimum atomic E-state index is 0.174. The summed E-state index contributed by atoms with van der Waals surface area (Å²) in [6.07, 6.45) is 3.50. The van der Waals surface area contributed by atoms with Crippen LogP contribution in [0.25, 0.3) is 0 Å². The maximum Gasteiger partial charge on any atom is 0.141 e. The molecule has 6 heteroatoms. The van der Waals surface area contributed by atoms with Crippen molar-refractivity contribution in [2.24, 2.45) is 5.84 Å². The molecule has 1 unspecified atom stereocenters. The topological polar surface area (TPSA) is 75.9 Å². The van der Waals surface area contributed by atoms with Gasteiger partial charge < -0.3 is 10.7 Å². The molecule has 84 valence electrons. The number of nitrogens with two attached hydrogens (primary N) is 1. The molecule has 0 bridgehead atoms. The Morgan fingerprint density at radius 2 is 2.25 bits per heavy atom. The second-order valence-electron chi connectivity index (χ2n) is 3.31. The molecule has 0 aliphatic carbocycles. The lowest BCUT2D eigenvalue weighted by Gasteiger charge is -2.13. The predicted octanol–water partition coefficient (Wildman–Crippen LogP) is 2.00. The lowest BCUT2D eigenvalue weighted by atomic mass is 10.3. The summed E-state index contributed by atoms with van der Waals surface area (Å²) in [4.78, 5) is 8.29. The van der Waals surface area contributed by atoms with Crippen LogP contribution in [0.2, 0.25) is 0 Å². The van der Waals surface area contributed by atoms with E-state index < -0.39 is 0 Å². The van der Waals surface area contributed by atoms with Crippen molar-refractivity contribution in [1.82, 2.24) is 9.97 Å². The van der Waals surface area contributed by atoms with Gasteiger partial charge in [0, 0.05) is 29.5 Å². The predicted molar refractivity (Wildman–Crippen MR) is 66.2 cm³/mol. The third kappa shape index (κ3) is 2.47. The molecule has 16 heavy (non-hydrogen) atoms. The van der Waals surface area contributed by atoms with Crippen LogP contribution in [0.15, 0.2) is 29.9 Å². The van der Waals surface area contributed by atoms with E-state index in [0.717, 1.165) is 10.7 Å². The molecule has 2 rings (SSSR count). The first kappa shape index (κ1) is 10.8. The highest BCUT2D eigenvalue weighted by molar-refractivity contribution is 7.09. The quantitative estimate of drug-likeness (QED) is 0.558. The third-order valence-electron chi connectivity index (χ3n) is 2.11. The van der Waals surface area contributed by atoms with Gasteiger partial charge in [-0.3, -0.25) is 0 Å². The first-order chi connectivity index (χ1) is 7.79. The zero-order chi connectivity index (χ0) is 11.4. The molecular formula is C10H13N5S. The van der Waals surface area contributed by atoms with E-state index in [1.807, 2.05) is 17.5 Å². The summed E-state index contributed by atoms with van der Waals surface area (Å²) in [5, 5.41) is 6.35. The molecule has 0 amide bonds. The molecule has 2 heterocycles. The van der Waals surface area contributed by atoms with Gasteiger partial charge in [-0.1, -0.05) is 0 Å². The minimum absolute atomic E-state index is 0.174. The molecule has 0 radical (unpaired) electrons. The summed E-state index contributed by atoms with van der Waals surface area (Å²) in [6.45, 7) is 2.06. The number of nitrogens with zero attached hydrogens (tertiary/aromatic N) is 2. The third-order valence-corrected chi connectivity index (χ3v) is 3.07. The number of nitrogens with one attached hydrogen (secondary N) is 2. The summed E-state index contributed by atoms with van der Waals surface area (Å²) in [5.74, 6) is 5.93. The molecule has 4 N–H and O–H groups in total. The van der Waals surface area contributed by atoms with Crippen molar-refractivity contribution in [3.63, 3.8) is 0 Å². The Kier molecular flexibility index (Phi) is 3.33. The van der Waals surface area contributed by atoms with Gasteiger partial charge in [0.15, 0.2) is 0 Å². The first-order valence-corrected chi connectivity index (χ1v) is 5.76. The van der Waals surface area contributed by atoms with Gasteiger partial charge in [-0.2, -0.15) is 0 Å². The van der Waals surface area contributed by atoms with Crippen molar-refractivity contribution < 1.29 is 0 Å². The van der Waals surface area contributed by atoms with Gasteiger partial charge in [0.25, 0.3) is 0 Å². The van der Waals surface area contributed by atoms with Crippen LogP contribution >= 0.6 is 11.3 Å². The Hall–Kier alpha value is -1.66. The fourth-order valence-corrected chi connectivity index (χ4v) is 2.01. The number of hydrogen-bond acceptors (Lipinski definition) is 6. The second kappa shape index (κ2) is 4.91. The Morgan fingerprint density at radius 1 is 1.38 bits per heavy atom. The van der Waals surface area contributed by atoms with Crippen molar-refractivity contribution in [3.05, 3.63) is 34.9 Å². The lowest BCUT2D eigenvalue weighted by Crippen LogP contribution is -2.10. The normalized spacial score (nSPS) is 12.1. The fourth-order valence-electron chi connectivity index (χ4n) is 1.36. The molecule has 2 aromatic rings. The monoisotopic (exact) mass is 235 g/mol. The summed E-state index contributed by atoms with van der Waals surface area (Å²) >= 11 is 1.63. The number of hydrogen-bond donors (Lipinski definition) is 3. The first-order valence-electron chi connectivity index (χ1n) is 4.88. The zero-order valence-corrected chi connectivity index (χ0v) is 9.66. The van der Waals surface area contributed by atoms with Gasteiger partial charge in [0.05, 0.1) is 6.04 Å². The van der Waals surface area contributed by atoms with E-state index in [-0.39, 0.29) is 6.04 Å². The maximum atomic E-state index is 5.29. The van der Waals surface area contributed by atoms with Crippen LogP contribution < -0.4 is 16.6 Å². The summed E-state index contributed by atoms with van der Waals surface area (Å²) < 4.78 is 0. The number of rotatable bonds is 4. The molecule has 0 saturated carbocycles. The van der Waals surface area contributed by atoms with Crippen LogP contribution in [0.5, 0.6) is 0 Å². The molecule has 0 aromatic carbocycles. The summed E-state index contributed by atoms with van der Waals surface area (Å²) in [6, 6.07) is 3.92. The number of aromatic nitrogens is 2. The van der Waals surface area contributed by atoms with Crippen molar-refractivity contribution >= 4 is 22.8 Å². The molecule has 2 aromatic heterocycles. The van der Waals surface area contributed by atoms with Crippen LogP contribution in [-0.2, 0) is 0 Å². The summed E-state index contributed by atoms with van der Waals surface area (Å²) in [7, 11) is 0. The van der Waals surface area contributed by atoms with Crippen LogP contribution in [0.4, 0.5) is 11.5 Å². The highest BCUT2D eigenvalue weighted by Gasteiger charge is 2.07. The van der Waals surface area contributed by atoms with Crippen molar-refractivity contribution in [2.75, 3.05) is 10.7 Å². The smallest absolute Gasteiger partial charge is 0.141 e. The van der Waals surface area contributed by atoms with E-state index in [2.05, 4.69) is 27.6 Å². The van der Waals surface area contributed by atoms with Crippen molar-refractivity contribution in [2.45, 2.75) is 13.0 Å². The lowest BCUT2D eigenvalue weighted by molar-refractivity contribution is 0.869. The fraction of sp³-hybridized carbons (Fsp3) is 0.200. The van der Waals surface area contributed by atoms with Crippen LogP contribution in [0.3, 0.4) is 0 Å². The van der Waals surface area contributed by atoms with Crippen LogP contribution in [0.1, 0.15) is 18.0 Å². The van der Waals surface area contributed by atoms with Crippen LogP contribution in [-0.4, -0.2) is 9.97 Å². The van der Waals surface area contributed by atoms with E-state index >= 15 is 0 Å². The van der Waals surface area contributed by atoms with Gasteiger partial charge >= 0.3 is 0 Å². The maximum absolute atomic E-state index is 5.29. The second-order valence-corrected chi connectivity index (χ2v) is 4.24. The van der Waals surface area contributed by atoms with Crippen molar-refractivity contribution in [3.8, 4) is 0 Å². The van der Waals surface area contributed by atoms with E-state index in [1.54, 1.807) is 23.7 Å². The number of hydrazine groups is 1. The van der Waals surface area contributed by atoms with Gasteiger partial charge in [0.1, 0.15) is 10.8 Å². The van der Waals surface area contributed by atoms with Gasteiger partial charge in [-0.05, 0) is 13.0 Å². The van der Waals surface area contributed by atoms with Gasteiger partial charge in [-0.25, -0.2) is 15.8 Å². The highest BCUT2D eigenvalue weighted by atomic mass is 32.1. The van der Waals surface area contributed by atoms with Gasteiger partial charge in [0.2, 0.25) is 0 Å². The number of anilines is 2. The Bertz CT molecular complexity index is 442. The molecule has 0 aliphatic heterocycles. The Morgan fingerprint density at radius 3 is 2.94 bits per heavy atom. The largest absolute Gasteiger partial charge is 0.376 e. The molecule has 0 spiro atoms. The van der Waals surface area contributed by atoms with Gasteiger partial charge in [-0.15, -0.1) is 11.3 Å². The molecule has 0 saturated heterocycles.